The molecule has 1 unspecified atom stereocenters. The summed E-state index contributed by atoms with van der Waals surface area (Å²) in [6, 6.07) is 3.19. The summed E-state index contributed by atoms with van der Waals surface area (Å²) >= 11 is 0. The topological polar surface area (TPSA) is 83.2 Å². The quantitative estimate of drug-likeness (QED) is 0.774. The van der Waals surface area contributed by atoms with Crippen LogP contribution in [0.15, 0.2) is 18.5 Å². The Labute approximate surface area is 80.6 Å². The monoisotopic (exact) mass is 192 g/mol. The lowest BCUT2D eigenvalue weighted by molar-refractivity contribution is 0.0695. The van der Waals surface area contributed by atoms with Gasteiger partial charge < -0.3 is 9.84 Å². The molecule has 1 rings (SSSR count). The fraction of sp³-hybridized carbons (Fsp3) is 0.222. The molecule has 0 aromatic carbocycles. The molecule has 0 spiro atoms. The molecule has 0 aliphatic heterocycles. The zero-order valence-electron chi connectivity index (χ0n) is 7.47. The summed E-state index contributed by atoms with van der Waals surface area (Å²) in [7, 11) is 0. The molecule has 72 valence electrons. The third kappa shape index (κ3) is 2.45. The van der Waals surface area contributed by atoms with Crippen molar-refractivity contribution < 1.29 is 14.6 Å². The van der Waals surface area contributed by atoms with Gasteiger partial charge >= 0.3 is 5.97 Å². The maximum absolute atomic E-state index is 10.5. The Morgan fingerprint density at radius 3 is 3.00 bits per heavy atom. The molecule has 0 fully saturated rings. The number of aromatic nitrogens is 1. The molecule has 0 amide bonds. The molecule has 5 nitrogen and oxygen atoms in total. The van der Waals surface area contributed by atoms with Crippen molar-refractivity contribution in [3.05, 3.63) is 24.0 Å². The predicted molar refractivity (Wildman–Crippen MR) is 46.9 cm³/mol. The van der Waals surface area contributed by atoms with Crippen LogP contribution in [0.5, 0.6) is 5.75 Å². The predicted octanol–water partition coefficient (Wildman–Crippen LogP) is 1.07. The van der Waals surface area contributed by atoms with Crippen molar-refractivity contribution >= 4 is 5.97 Å². The SMILES string of the molecule is CC(C#N)Oc1cncc(C(=O)O)c1. The number of nitrogens with zero attached hydrogens (tertiary/aromatic N) is 2. The van der Waals surface area contributed by atoms with Crippen LogP contribution in [0.25, 0.3) is 0 Å². The van der Waals surface area contributed by atoms with E-state index in [1.807, 2.05) is 6.07 Å². The fourth-order valence-electron chi connectivity index (χ4n) is 0.831. The van der Waals surface area contributed by atoms with E-state index in [1.165, 1.54) is 18.5 Å². The van der Waals surface area contributed by atoms with E-state index in [4.69, 9.17) is 15.1 Å². The number of hydrogen-bond acceptors (Lipinski definition) is 4. The normalized spacial score (nSPS) is 11.4. The molecule has 0 radical (unpaired) electrons. The third-order valence-corrected chi connectivity index (χ3v) is 1.45. The average molecular weight is 192 g/mol. The van der Waals surface area contributed by atoms with Gasteiger partial charge in [0.2, 0.25) is 0 Å². The smallest absolute Gasteiger partial charge is 0.337 e. The summed E-state index contributed by atoms with van der Waals surface area (Å²) in [5.74, 6) is -0.800. The van der Waals surface area contributed by atoms with Crippen molar-refractivity contribution in [3.8, 4) is 11.8 Å². The van der Waals surface area contributed by atoms with Gasteiger partial charge in [-0.05, 0) is 13.0 Å². The lowest BCUT2D eigenvalue weighted by atomic mass is 10.3. The second-order valence-corrected chi connectivity index (χ2v) is 2.60. The van der Waals surface area contributed by atoms with Gasteiger partial charge in [-0.1, -0.05) is 0 Å². The first-order valence-corrected chi connectivity index (χ1v) is 3.88. The Hall–Kier alpha value is -2.09. The van der Waals surface area contributed by atoms with Gasteiger partial charge in [0.15, 0.2) is 6.10 Å². The number of rotatable bonds is 3. The van der Waals surface area contributed by atoms with E-state index >= 15 is 0 Å². The Morgan fingerprint density at radius 1 is 1.71 bits per heavy atom. The largest absolute Gasteiger partial charge is 0.478 e. The first-order chi connectivity index (χ1) is 6.63. The molecule has 1 aromatic rings. The summed E-state index contributed by atoms with van der Waals surface area (Å²) in [6.45, 7) is 1.56. The second kappa shape index (κ2) is 4.23. The molecule has 5 heteroatoms. The maximum Gasteiger partial charge on any atom is 0.337 e. The van der Waals surface area contributed by atoms with Crippen LogP contribution in [0.3, 0.4) is 0 Å². The van der Waals surface area contributed by atoms with Gasteiger partial charge in [-0.25, -0.2) is 4.79 Å². The molecule has 0 aliphatic carbocycles. The van der Waals surface area contributed by atoms with Crippen molar-refractivity contribution in [1.29, 1.82) is 5.26 Å². The van der Waals surface area contributed by atoms with Crippen LogP contribution in [-0.4, -0.2) is 22.2 Å². The number of aromatic carboxylic acids is 1. The summed E-state index contributed by atoms with van der Waals surface area (Å²) in [4.78, 5) is 14.2. The number of carboxylic acid groups (broad SMARTS) is 1. The molecule has 1 N–H and O–H groups in total. The molecular weight excluding hydrogens is 184 g/mol. The van der Waals surface area contributed by atoms with Crippen molar-refractivity contribution in [3.63, 3.8) is 0 Å². The number of carbonyl (C=O) groups is 1. The first-order valence-electron chi connectivity index (χ1n) is 3.88. The first kappa shape index (κ1) is 9.99. The summed E-state index contributed by atoms with van der Waals surface area (Å²) < 4.78 is 5.07. The lowest BCUT2D eigenvalue weighted by Crippen LogP contribution is -2.09. The van der Waals surface area contributed by atoms with Gasteiger partial charge in [-0.2, -0.15) is 5.26 Å². The van der Waals surface area contributed by atoms with Crippen molar-refractivity contribution in [1.82, 2.24) is 4.98 Å². The van der Waals surface area contributed by atoms with Crippen LogP contribution < -0.4 is 4.74 Å². The molecular formula is C9H8N2O3. The maximum atomic E-state index is 10.5. The number of pyridine rings is 1. The van der Waals surface area contributed by atoms with Gasteiger partial charge in [0, 0.05) is 6.20 Å². The minimum Gasteiger partial charge on any atom is -0.478 e. The van der Waals surface area contributed by atoms with E-state index in [0.29, 0.717) is 0 Å². The molecule has 14 heavy (non-hydrogen) atoms. The zero-order valence-corrected chi connectivity index (χ0v) is 7.47. The number of carboxylic acids is 1. The van der Waals surface area contributed by atoms with E-state index in [2.05, 4.69) is 4.98 Å². The molecule has 1 heterocycles. The molecule has 1 aromatic heterocycles. The van der Waals surface area contributed by atoms with Gasteiger partial charge in [0.1, 0.15) is 11.8 Å². The van der Waals surface area contributed by atoms with Gasteiger partial charge in [0.25, 0.3) is 0 Å². The zero-order chi connectivity index (χ0) is 10.6. The van der Waals surface area contributed by atoms with E-state index in [1.54, 1.807) is 6.92 Å². The summed E-state index contributed by atoms with van der Waals surface area (Å²) in [6.07, 6.45) is 1.95. The lowest BCUT2D eigenvalue weighted by Gasteiger charge is -2.06. The van der Waals surface area contributed by atoms with Crippen LogP contribution >= 0.6 is 0 Å². The average Bonchev–Trinajstić information content (AvgIpc) is 2.18. The standard InChI is InChI=1S/C9H8N2O3/c1-6(3-10)14-8-2-7(9(12)13)4-11-5-8/h2,4-6H,1H3,(H,12,13). The van der Waals surface area contributed by atoms with Crippen LogP contribution in [0.1, 0.15) is 17.3 Å². The van der Waals surface area contributed by atoms with Gasteiger partial charge in [-0.3, -0.25) is 4.98 Å². The van der Waals surface area contributed by atoms with Crippen LogP contribution in [0.2, 0.25) is 0 Å². The van der Waals surface area contributed by atoms with Crippen LogP contribution in [-0.2, 0) is 0 Å². The van der Waals surface area contributed by atoms with E-state index in [9.17, 15) is 4.79 Å². The molecule has 0 saturated heterocycles. The highest BCUT2D eigenvalue weighted by Crippen LogP contribution is 2.12. The summed E-state index contributed by atoms with van der Waals surface area (Å²) in [5, 5.41) is 17.1. The second-order valence-electron chi connectivity index (χ2n) is 2.60. The Bertz CT molecular complexity index is 384. The third-order valence-electron chi connectivity index (χ3n) is 1.45. The molecule has 1 atom stereocenters. The number of hydrogen-bond donors (Lipinski definition) is 1. The molecule has 0 aliphatic rings. The Morgan fingerprint density at radius 2 is 2.43 bits per heavy atom. The Kier molecular flexibility index (Phi) is 3.02. The van der Waals surface area contributed by atoms with E-state index in [-0.39, 0.29) is 11.3 Å². The highest BCUT2D eigenvalue weighted by molar-refractivity contribution is 5.87. The fourth-order valence-corrected chi connectivity index (χ4v) is 0.831. The highest BCUT2D eigenvalue weighted by atomic mass is 16.5. The van der Waals surface area contributed by atoms with Gasteiger partial charge in [-0.15, -0.1) is 0 Å². The van der Waals surface area contributed by atoms with Crippen LogP contribution in [0.4, 0.5) is 0 Å². The van der Waals surface area contributed by atoms with Crippen molar-refractivity contribution in [2.45, 2.75) is 13.0 Å². The minimum absolute atomic E-state index is 0.0349. The van der Waals surface area contributed by atoms with E-state index < -0.39 is 12.1 Å². The van der Waals surface area contributed by atoms with Crippen LogP contribution in [0, 0.1) is 11.3 Å². The Balaban J connectivity index is 2.85. The van der Waals surface area contributed by atoms with Gasteiger partial charge in [0.05, 0.1) is 11.8 Å². The van der Waals surface area contributed by atoms with Crippen molar-refractivity contribution in [2.75, 3.05) is 0 Å². The molecule has 0 saturated carbocycles. The number of nitriles is 1. The van der Waals surface area contributed by atoms with Crippen molar-refractivity contribution in [2.24, 2.45) is 0 Å². The van der Waals surface area contributed by atoms with E-state index in [0.717, 1.165) is 0 Å². The number of ether oxygens (including phenoxy) is 1. The summed E-state index contributed by atoms with van der Waals surface area (Å²) in [5.41, 5.74) is 0.0349. The minimum atomic E-state index is -1.08. The molecule has 0 bridgehead atoms. The highest BCUT2D eigenvalue weighted by Gasteiger charge is 2.06.